The number of carboxylic acids is 1. The van der Waals surface area contributed by atoms with Crippen LogP contribution in [-0.2, 0) is 0 Å². The largest absolute Gasteiger partial charge is 0.478 e. The van der Waals surface area contributed by atoms with Gasteiger partial charge in [0.15, 0.2) is 0 Å². The highest BCUT2D eigenvalue weighted by molar-refractivity contribution is 5.88. The van der Waals surface area contributed by atoms with Crippen LogP contribution in [0.1, 0.15) is 10.4 Å². The summed E-state index contributed by atoms with van der Waals surface area (Å²) in [7, 11) is 0. The van der Waals surface area contributed by atoms with Crippen LogP contribution >= 0.6 is 0 Å². The number of carboxylic acid groups (broad SMARTS) is 1. The third-order valence-corrected chi connectivity index (χ3v) is 2.06. The van der Waals surface area contributed by atoms with E-state index in [1.165, 1.54) is 6.07 Å². The molecule has 0 atom stereocenters. The Kier molecular flexibility index (Phi) is 2.51. The number of carbonyl (C=O) groups is 1. The number of pyridine rings is 2. The van der Waals surface area contributed by atoms with E-state index in [0.717, 1.165) is 6.07 Å². The molecule has 0 aliphatic heterocycles. The third kappa shape index (κ3) is 1.98. The van der Waals surface area contributed by atoms with Crippen LogP contribution in [0.15, 0.2) is 41.5 Å². The van der Waals surface area contributed by atoms with Crippen LogP contribution < -0.4 is 5.56 Å². The highest BCUT2D eigenvalue weighted by atomic mass is 16.4. The molecule has 0 bridgehead atoms. The summed E-state index contributed by atoms with van der Waals surface area (Å²) in [6.45, 7) is 0. The third-order valence-electron chi connectivity index (χ3n) is 2.06. The summed E-state index contributed by atoms with van der Waals surface area (Å²) in [6, 6.07) is 5.90. The van der Waals surface area contributed by atoms with Crippen molar-refractivity contribution in [2.45, 2.75) is 0 Å². The van der Waals surface area contributed by atoms with Crippen LogP contribution in [-0.4, -0.2) is 21.0 Å². The molecule has 0 aliphatic carbocycles. The van der Waals surface area contributed by atoms with Crippen LogP contribution in [0.5, 0.6) is 0 Å². The monoisotopic (exact) mass is 216 g/mol. The second-order valence-corrected chi connectivity index (χ2v) is 3.19. The van der Waals surface area contributed by atoms with Gasteiger partial charge in [0.25, 0.3) is 0 Å². The summed E-state index contributed by atoms with van der Waals surface area (Å²) in [5.41, 5.74) is 0.627. The fraction of sp³-hybridized carbons (Fsp3) is 0. The van der Waals surface area contributed by atoms with Gasteiger partial charge < -0.3 is 10.1 Å². The zero-order chi connectivity index (χ0) is 11.5. The first-order valence-corrected chi connectivity index (χ1v) is 4.55. The Morgan fingerprint density at radius 2 is 2.19 bits per heavy atom. The van der Waals surface area contributed by atoms with Gasteiger partial charge in [0.2, 0.25) is 5.56 Å². The minimum Gasteiger partial charge on any atom is -0.478 e. The Balaban J connectivity index is 2.58. The summed E-state index contributed by atoms with van der Waals surface area (Å²) < 4.78 is 0. The molecule has 0 saturated carbocycles. The summed E-state index contributed by atoms with van der Waals surface area (Å²) in [5.74, 6) is -1.13. The first-order chi connectivity index (χ1) is 7.66. The zero-order valence-electron chi connectivity index (χ0n) is 8.18. The maximum absolute atomic E-state index is 11.2. The van der Waals surface area contributed by atoms with Crippen molar-refractivity contribution in [3.63, 3.8) is 0 Å². The second kappa shape index (κ2) is 3.98. The first-order valence-electron chi connectivity index (χ1n) is 4.55. The van der Waals surface area contributed by atoms with Crippen LogP contribution in [0.2, 0.25) is 0 Å². The lowest BCUT2D eigenvalue weighted by Crippen LogP contribution is -2.10. The van der Waals surface area contributed by atoms with Gasteiger partial charge in [-0.3, -0.25) is 9.78 Å². The van der Waals surface area contributed by atoms with E-state index in [1.54, 1.807) is 24.5 Å². The molecule has 2 rings (SSSR count). The van der Waals surface area contributed by atoms with E-state index >= 15 is 0 Å². The molecule has 0 aromatic carbocycles. The Morgan fingerprint density at radius 3 is 2.81 bits per heavy atom. The summed E-state index contributed by atoms with van der Waals surface area (Å²) in [5, 5.41) is 8.81. The molecule has 2 aromatic rings. The van der Waals surface area contributed by atoms with Gasteiger partial charge in [0, 0.05) is 24.0 Å². The van der Waals surface area contributed by atoms with Gasteiger partial charge in [-0.25, -0.2) is 4.79 Å². The smallest absolute Gasteiger partial charge is 0.335 e. The molecule has 0 aliphatic rings. The number of nitrogens with zero attached hydrogens (tertiary/aromatic N) is 1. The predicted octanol–water partition coefficient (Wildman–Crippen LogP) is 1.14. The van der Waals surface area contributed by atoms with E-state index in [9.17, 15) is 9.59 Å². The fourth-order valence-electron chi connectivity index (χ4n) is 1.34. The Morgan fingerprint density at radius 1 is 1.38 bits per heavy atom. The average molecular weight is 216 g/mol. The van der Waals surface area contributed by atoms with E-state index in [2.05, 4.69) is 9.97 Å². The predicted molar refractivity (Wildman–Crippen MR) is 57.3 cm³/mol. The number of aromatic amines is 1. The first kappa shape index (κ1) is 10.1. The molecule has 2 N–H and O–H groups in total. The molecule has 0 spiro atoms. The Labute approximate surface area is 90.4 Å². The van der Waals surface area contributed by atoms with E-state index < -0.39 is 11.5 Å². The van der Waals surface area contributed by atoms with Gasteiger partial charge in [-0.05, 0) is 18.2 Å². The topological polar surface area (TPSA) is 83.0 Å². The van der Waals surface area contributed by atoms with Crippen LogP contribution in [0.25, 0.3) is 11.3 Å². The molecule has 0 fully saturated rings. The summed E-state index contributed by atoms with van der Waals surface area (Å²) in [4.78, 5) is 28.5. The van der Waals surface area contributed by atoms with E-state index in [1.807, 2.05) is 0 Å². The van der Waals surface area contributed by atoms with E-state index in [4.69, 9.17) is 5.11 Å². The van der Waals surface area contributed by atoms with E-state index in [0.29, 0.717) is 11.3 Å². The minimum atomic E-state index is -1.13. The molecule has 2 aromatic heterocycles. The molecule has 5 nitrogen and oxygen atoms in total. The van der Waals surface area contributed by atoms with Crippen molar-refractivity contribution in [1.29, 1.82) is 0 Å². The number of aromatic nitrogens is 2. The normalized spacial score (nSPS) is 10.0. The zero-order valence-corrected chi connectivity index (χ0v) is 8.18. The minimum absolute atomic E-state index is 0.0393. The summed E-state index contributed by atoms with van der Waals surface area (Å²) in [6.07, 6.45) is 3.15. The standard InChI is InChI=1S/C11H8N2O3/c14-10-5-8(11(15)16)4-9(13-10)7-2-1-3-12-6-7/h1-6H,(H,13,14)(H,15,16). The molecule has 0 unspecified atom stereocenters. The van der Waals surface area contributed by atoms with Gasteiger partial charge in [0.1, 0.15) is 0 Å². The van der Waals surface area contributed by atoms with Crippen LogP contribution in [0, 0.1) is 0 Å². The lowest BCUT2D eigenvalue weighted by molar-refractivity contribution is 0.0696. The quantitative estimate of drug-likeness (QED) is 0.788. The molecule has 16 heavy (non-hydrogen) atoms. The Hall–Kier alpha value is -2.43. The van der Waals surface area contributed by atoms with Gasteiger partial charge in [-0.2, -0.15) is 0 Å². The molecular weight excluding hydrogens is 208 g/mol. The van der Waals surface area contributed by atoms with Crippen molar-refractivity contribution in [3.05, 3.63) is 52.6 Å². The number of aromatic carboxylic acids is 1. The lowest BCUT2D eigenvalue weighted by Gasteiger charge is -2.01. The summed E-state index contributed by atoms with van der Waals surface area (Å²) >= 11 is 0. The van der Waals surface area contributed by atoms with Gasteiger partial charge in [0.05, 0.1) is 11.3 Å². The molecule has 0 radical (unpaired) electrons. The highest BCUT2D eigenvalue weighted by Crippen LogP contribution is 2.14. The van der Waals surface area contributed by atoms with Crippen LogP contribution in [0.4, 0.5) is 0 Å². The van der Waals surface area contributed by atoms with E-state index in [-0.39, 0.29) is 5.56 Å². The van der Waals surface area contributed by atoms with Crippen molar-refractivity contribution in [2.75, 3.05) is 0 Å². The van der Waals surface area contributed by atoms with Crippen molar-refractivity contribution < 1.29 is 9.90 Å². The van der Waals surface area contributed by atoms with Crippen molar-refractivity contribution in [1.82, 2.24) is 9.97 Å². The maximum Gasteiger partial charge on any atom is 0.335 e. The number of hydrogen-bond donors (Lipinski definition) is 2. The van der Waals surface area contributed by atoms with Gasteiger partial charge in [-0.1, -0.05) is 0 Å². The SMILES string of the molecule is O=C(O)c1cc(-c2cccnc2)[nH]c(=O)c1. The van der Waals surface area contributed by atoms with Gasteiger partial charge >= 0.3 is 5.97 Å². The van der Waals surface area contributed by atoms with Gasteiger partial charge in [-0.15, -0.1) is 0 Å². The number of nitrogens with one attached hydrogen (secondary N) is 1. The Bertz CT molecular complexity index is 575. The van der Waals surface area contributed by atoms with Crippen molar-refractivity contribution in [2.24, 2.45) is 0 Å². The van der Waals surface area contributed by atoms with Crippen LogP contribution in [0.3, 0.4) is 0 Å². The van der Waals surface area contributed by atoms with Crippen molar-refractivity contribution >= 4 is 5.97 Å². The molecule has 2 heterocycles. The maximum atomic E-state index is 11.2. The number of hydrogen-bond acceptors (Lipinski definition) is 3. The number of rotatable bonds is 2. The molecular formula is C11H8N2O3. The second-order valence-electron chi connectivity index (χ2n) is 3.19. The molecule has 5 heteroatoms. The number of H-pyrrole nitrogens is 1. The lowest BCUT2D eigenvalue weighted by atomic mass is 10.1. The molecule has 80 valence electrons. The fourth-order valence-corrected chi connectivity index (χ4v) is 1.34. The average Bonchev–Trinajstić information content (AvgIpc) is 2.29. The highest BCUT2D eigenvalue weighted by Gasteiger charge is 2.07. The van der Waals surface area contributed by atoms with Crippen molar-refractivity contribution in [3.8, 4) is 11.3 Å². The molecule has 0 saturated heterocycles. The molecule has 0 amide bonds.